The lowest BCUT2D eigenvalue weighted by atomic mass is 10.2. The highest BCUT2D eigenvalue weighted by atomic mass is 32.2. The second-order valence-electron chi connectivity index (χ2n) is 5.20. The Morgan fingerprint density at radius 2 is 2.11 bits per heavy atom. The highest BCUT2D eigenvalue weighted by Gasteiger charge is 2.21. The predicted octanol–water partition coefficient (Wildman–Crippen LogP) is 1.90. The summed E-state index contributed by atoms with van der Waals surface area (Å²) in [5.41, 5.74) is 1.80. The van der Waals surface area contributed by atoms with Crippen molar-refractivity contribution in [3.8, 4) is 0 Å². The van der Waals surface area contributed by atoms with Crippen LogP contribution in [0.4, 0.5) is 5.69 Å². The maximum Gasteiger partial charge on any atom is 0.234 e. The molecular formula is C14H22N2O2S. The molecule has 0 radical (unpaired) electrons. The van der Waals surface area contributed by atoms with Crippen molar-refractivity contribution in [1.29, 1.82) is 0 Å². The van der Waals surface area contributed by atoms with Crippen molar-refractivity contribution >= 4 is 15.7 Å². The van der Waals surface area contributed by atoms with E-state index in [0.29, 0.717) is 12.5 Å². The molecule has 1 aliphatic carbocycles. The van der Waals surface area contributed by atoms with Gasteiger partial charge in [0.05, 0.1) is 11.4 Å². The smallest absolute Gasteiger partial charge is 0.234 e. The van der Waals surface area contributed by atoms with Gasteiger partial charge in [-0.2, -0.15) is 0 Å². The van der Waals surface area contributed by atoms with E-state index in [9.17, 15) is 8.42 Å². The van der Waals surface area contributed by atoms with Gasteiger partial charge >= 0.3 is 0 Å². The molecule has 1 saturated carbocycles. The largest absolute Gasteiger partial charge is 0.314 e. The lowest BCUT2D eigenvalue weighted by Crippen LogP contribution is -2.30. The van der Waals surface area contributed by atoms with E-state index in [1.807, 2.05) is 31.2 Å². The first kappa shape index (κ1) is 14.3. The van der Waals surface area contributed by atoms with Crippen LogP contribution in [0.2, 0.25) is 0 Å². The molecule has 0 saturated heterocycles. The number of hydrogen-bond acceptors (Lipinski definition) is 3. The number of nitrogens with zero attached hydrogens (tertiary/aromatic N) is 1. The van der Waals surface area contributed by atoms with Gasteiger partial charge in [0.2, 0.25) is 10.0 Å². The van der Waals surface area contributed by atoms with Crippen molar-refractivity contribution in [2.45, 2.75) is 32.2 Å². The molecule has 2 rings (SSSR count). The Kier molecular flexibility index (Phi) is 4.47. The molecule has 5 heteroatoms. The topological polar surface area (TPSA) is 49.4 Å². The number of benzene rings is 1. The van der Waals surface area contributed by atoms with E-state index < -0.39 is 10.0 Å². The van der Waals surface area contributed by atoms with Gasteiger partial charge in [-0.05, 0) is 50.4 Å². The van der Waals surface area contributed by atoms with Crippen molar-refractivity contribution in [1.82, 2.24) is 5.32 Å². The van der Waals surface area contributed by atoms with Crippen LogP contribution in [-0.4, -0.2) is 33.8 Å². The highest BCUT2D eigenvalue weighted by Crippen LogP contribution is 2.19. The molecule has 0 aromatic heterocycles. The molecule has 0 amide bonds. The standard InChI is InChI=1S/C14H22N2O2S/c1-12-5-3-6-14(11-12)16(2)19(17,18)10-4-9-15-13-7-8-13/h3,5-6,11,13,15H,4,7-10H2,1-2H3. The lowest BCUT2D eigenvalue weighted by molar-refractivity contribution is 0.586. The molecule has 19 heavy (non-hydrogen) atoms. The Hall–Kier alpha value is -1.07. The molecule has 0 bridgehead atoms. The molecule has 0 unspecified atom stereocenters. The first-order valence-corrected chi connectivity index (χ1v) is 8.36. The molecule has 1 N–H and O–H groups in total. The number of nitrogens with one attached hydrogen (secondary N) is 1. The Morgan fingerprint density at radius 3 is 2.74 bits per heavy atom. The summed E-state index contributed by atoms with van der Waals surface area (Å²) in [4.78, 5) is 0. The van der Waals surface area contributed by atoms with E-state index in [1.54, 1.807) is 7.05 Å². The summed E-state index contributed by atoms with van der Waals surface area (Å²) in [5, 5.41) is 3.33. The average molecular weight is 282 g/mol. The SMILES string of the molecule is Cc1cccc(N(C)S(=O)(=O)CCCNC2CC2)c1. The number of sulfonamides is 1. The lowest BCUT2D eigenvalue weighted by Gasteiger charge is -2.19. The van der Waals surface area contributed by atoms with Gasteiger partial charge in [0.15, 0.2) is 0 Å². The van der Waals surface area contributed by atoms with Crippen molar-refractivity contribution in [3.05, 3.63) is 29.8 Å². The van der Waals surface area contributed by atoms with Gasteiger partial charge in [-0.3, -0.25) is 4.31 Å². The third-order valence-electron chi connectivity index (χ3n) is 3.37. The molecule has 1 fully saturated rings. The fourth-order valence-corrected chi connectivity index (χ4v) is 3.19. The zero-order chi connectivity index (χ0) is 13.9. The monoisotopic (exact) mass is 282 g/mol. The number of hydrogen-bond donors (Lipinski definition) is 1. The second-order valence-corrected chi connectivity index (χ2v) is 7.32. The van der Waals surface area contributed by atoms with Crippen LogP contribution in [-0.2, 0) is 10.0 Å². The third kappa shape index (κ3) is 4.21. The van der Waals surface area contributed by atoms with E-state index in [-0.39, 0.29) is 5.75 Å². The van der Waals surface area contributed by atoms with Gasteiger partial charge in [-0.1, -0.05) is 12.1 Å². The fourth-order valence-electron chi connectivity index (χ4n) is 1.97. The molecule has 0 heterocycles. The summed E-state index contributed by atoms with van der Waals surface area (Å²) in [5.74, 6) is 0.192. The average Bonchev–Trinajstić information content (AvgIpc) is 3.18. The summed E-state index contributed by atoms with van der Waals surface area (Å²) in [6, 6.07) is 8.19. The summed E-state index contributed by atoms with van der Waals surface area (Å²) >= 11 is 0. The molecule has 1 aromatic rings. The summed E-state index contributed by atoms with van der Waals surface area (Å²) in [7, 11) is -1.59. The first-order valence-electron chi connectivity index (χ1n) is 6.76. The van der Waals surface area contributed by atoms with Crippen LogP contribution >= 0.6 is 0 Å². The van der Waals surface area contributed by atoms with Crippen molar-refractivity contribution in [2.24, 2.45) is 0 Å². The summed E-state index contributed by atoms with van der Waals surface area (Å²) < 4.78 is 25.8. The van der Waals surface area contributed by atoms with E-state index in [2.05, 4.69) is 5.32 Å². The number of rotatable bonds is 7. The van der Waals surface area contributed by atoms with E-state index in [0.717, 1.165) is 17.8 Å². The van der Waals surface area contributed by atoms with Gasteiger partial charge in [0.1, 0.15) is 0 Å². The Labute approximate surface area is 115 Å². The van der Waals surface area contributed by atoms with Crippen LogP contribution in [0.5, 0.6) is 0 Å². The fraction of sp³-hybridized carbons (Fsp3) is 0.571. The number of aryl methyl sites for hydroxylation is 1. The Morgan fingerprint density at radius 1 is 1.37 bits per heavy atom. The summed E-state index contributed by atoms with van der Waals surface area (Å²) in [6.45, 7) is 2.75. The first-order chi connectivity index (χ1) is 8.99. The number of anilines is 1. The molecule has 0 aliphatic heterocycles. The second kappa shape index (κ2) is 5.92. The molecule has 4 nitrogen and oxygen atoms in total. The van der Waals surface area contributed by atoms with Crippen LogP contribution in [0.1, 0.15) is 24.8 Å². The van der Waals surface area contributed by atoms with Gasteiger partial charge in [0, 0.05) is 13.1 Å². The minimum Gasteiger partial charge on any atom is -0.314 e. The normalized spacial score (nSPS) is 15.5. The quantitative estimate of drug-likeness (QED) is 0.777. The molecule has 0 spiro atoms. The minimum atomic E-state index is -3.21. The van der Waals surface area contributed by atoms with Crippen LogP contribution < -0.4 is 9.62 Å². The maximum atomic E-state index is 12.2. The van der Waals surface area contributed by atoms with Crippen LogP contribution in [0.3, 0.4) is 0 Å². The zero-order valence-corrected chi connectivity index (χ0v) is 12.4. The van der Waals surface area contributed by atoms with Crippen LogP contribution in [0.25, 0.3) is 0 Å². The molecule has 1 aromatic carbocycles. The minimum absolute atomic E-state index is 0.192. The van der Waals surface area contributed by atoms with E-state index in [4.69, 9.17) is 0 Å². The molecule has 106 valence electrons. The summed E-state index contributed by atoms with van der Waals surface area (Å²) in [6.07, 6.45) is 3.13. The third-order valence-corrected chi connectivity index (χ3v) is 5.22. The van der Waals surface area contributed by atoms with Gasteiger partial charge in [0.25, 0.3) is 0 Å². The van der Waals surface area contributed by atoms with E-state index in [1.165, 1.54) is 17.1 Å². The molecule has 0 atom stereocenters. The van der Waals surface area contributed by atoms with Crippen LogP contribution in [0, 0.1) is 6.92 Å². The van der Waals surface area contributed by atoms with Gasteiger partial charge in [-0.15, -0.1) is 0 Å². The molecule has 1 aliphatic rings. The Balaban J connectivity index is 1.89. The zero-order valence-electron chi connectivity index (χ0n) is 11.6. The van der Waals surface area contributed by atoms with Gasteiger partial charge < -0.3 is 5.32 Å². The van der Waals surface area contributed by atoms with E-state index >= 15 is 0 Å². The Bertz CT molecular complexity index is 524. The van der Waals surface area contributed by atoms with Crippen molar-refractivity contribution in [2.75, 3.05) is 23.7 Å². The maximum absolute atomic E-state index is 12.2. The molecular weight excluding hydrogens is 260 g/mol. The van der Waals surface area contributed by atoms with Crippen molar-refractivity contribution < 1.29 is 8.42 Å². The van der Waals surface area contributed by atoms with Crippen molar-refractivity contribution in [3.63, 3.8) is 0 Å². The predicted molar refractivity (Wildman–Crippen MR) is 79.0 cm³/mol. The van der Waals surface area contributed by atoms with Crippen LogP contribution in [0.15, 0.2) is 24.3 Å². The van der Waals surface area contributed by atoms with Gasteiger partial charge in [-0.25, -0.2) is 8.42 Å². The highest BCUT2D eigenvalue weighted by molar-refractivity contribution is 7.92.